The molecule has 13 aromatic rings. The lowest BCUT2D eigenvalue weighted by Gasteiger charge is -2.35. The Bertz CT molecular complexity index is 4440. The maximum atomic E-state index is 2.55. The molecular weight excluding hydrogens is 1020 g/mol. The van der Waals surface area contributed by atoms with E-state index in [0.29, 0.717) is 11.8 Å². The second-order valence-electron chi connectivity index (χ2n) is 24.1. The van der Waals surface area contributed by atoms with E-state index in [2.05, 4.69) is 301 Å². The van der Waals surface area contributed by atoms with E-state index in [0.717, 1.165) is 33.8 Å². The van der Waals surface area contributed by atoms with Gasteiger partial charge in [-0.15, -0.1) is 0 Å². The van der Waals surface area contributed by atoms with Gasteiger partial charge in [-0.25, -0.2) is 0 Å². The molecule has 2 saturated carbocycles. The van der Waals surface area contributed by atoms with Gasteiger partial charge in [0.15, 0.2) is 0 Å². The summed E-state index contributed by atoms with van der Waals surface area (Å²) >= 11 is 0. The van der Waals surface area contributed by atoms with E-state index < -0.39 is 5.41 Å². The Balaban J connectivity index is 0.776. The lowest BCUT2D eigenvalue weighted by atomic mass is 9.67. The van der Waals surface area contributed by atoms with Crippen LogP contribution in [-0.2, 0) is 5.41 Å². The van der Waals surface area contributed by atoms with Crippen LogP contribution in [0.4, 0.5) is 17.1 Å². The number of anilines is 3. The van der Waals surface area contributed by atoms with Gasteiger partial charge in [-0.05, 0) is 188 Å². The zero-order valence-electron chi connectivity index (χ0n) is 47.9. The molecule has 0 atom stereocenters. The first-order valence-electron chi connectivity index (χ1n) is 30.9. The molecule has 2 nitrogen and oxygen atoms in total. The molecule has 408 valence electrons. The van der Waals surface area contributed by atoms with Crippen molar-refractivity contribution in [2.75, 3.05) is 4.90 Å². The number of hydrogen-bond donors (Lipinski definition) is 0. The topological polar surface area (TPSA) is 8.17 Å². The average Bonchev–Trinajstić information content (AvgIpc) is 1.76. The molecule has 12 aromatic carbocycles. The largest absolute Gasteiger partial charge is 0.310 e. The molecule has 0 saturated heterocycles. The zero-order valence-corrected chi connectivity index (χ0v) is 47.9. The summed E-state index contributed by atoms with van der Waals surface area (Å²) in [5.41, 5.74) is 26.6. The number of hydrogen-bond acceptors (Lipinski definition) is 1. The van der Waals surface area contributed by atoms with Crippen molar-refractivity contribution in [1.82, 2.24) is 4.57 Å². The van der Waals surface area contributed by atoms with Crippen LogP contribution in [0, 0.1) is 0 Å². The van der Waals surface area contributed by atoms with Crippen LogP contribution in [0.5, 0.6) is 0 Å². The predicted octanol–water partition coefficient (Wildman–Crippen LogP) is 22.6. The number of benzene rings is 12. The van der Waals surface area contributed by atoms with Crippen LogP contribution in [0.15, 0.2) is 291 Å². The molecule has 1 heterocycles. The second-order valence-corrected chi connectivity index (χ2v) is 24.1. The van der Waals surface area contributed by atoms with E-state index in [9.17, 15) is 0 Å². The molecule has 0 aliphatic heterocycles. The maximum Gasteiger partial charge on any atom is 0.0714 e. The Labute approximate surface area is 500 Å². The summed E-state index contributed by atoms with van der Waals surface area (Å²) in [7, 11) is 0. The Hall–Kier alpha value is -9.76. The van der Waals surface area contributed by atoms with Crippen LogP contribution in [0.25, 0.3) is 83.1 Å². The molecule has 3 aliphatic carbocycles. The third kappa shape index (κ3) is 8.85. The lowest BCUT2D eigenvalue weighted by molar-refractivity contribution is 0.724. The highest BCUT2D eigenvalue weighted by molar-refractivity contribution is 6.10. The third-order valence-electron chi connectivity index (χ3n) is 19.4. The molecule has 85 heavy (non-hydrogen) atoms. The van der Waals surface area contributed by atoms with Crippen LogP contribution in [0.2, 0.25) is 0 Å². The van der Waals surface area contributed by atoms with Crippen molar-refractivity contribution in [3.05, 3.63) is 325 Å². The number of fused-ring (bicyclic) bond motifs is 6. The molecule has 1 aromatic heterocycles. The van der Waals surface area contributed by atoms with Gasteiger partial charge in [0.2, 0.25) is 0 Å². The van der Waals surface area contributed by atoms with Crippen molar-refractivity contribution in [3.63, 3.8) is 0 Å². The van der Waals surface area contributed by atoms with Crippen LogP contribution in [0.1, 0.15) is 96.6 Å². The van der Waals surface area contributed by atoms with Gasteiger partial charge in [0.1, 0.15) is 0 Å². The average molecular weight is 1090 g/mol. The summed E-state index contributed by atoms with van der Waals surface area (Å²) < 4.78 is 2.51. The van der Waals surface area contributed by atoms with Gasteiger partial charge in [0.05, 0.1) is 22.1 Å². The van der Waals surface area contributed by atoms with Gasteiger partial charge in [0, 0.05) is 33.4 Å². The van der Waals surface area contributed by atoms with E-state index in [1.165, 1.54) is 151 Å². The molecule has 0 N–H and O–H groups in total. The Kier molecular flexibility index (Phi) is 12.9. The van der Waals surface area contributed by atoms with E-state index in [1.54, 1.807) is 0 Å². The molecule has 2 heteroatoms. The summed E-state index contributed by atoms with van der Waals surface area (Å²) in [6, 6.07) is 110. The highest BCUT2D eigenvalue weighted by atomic mass is 15.1. The molecule has 2 fully saturated rings. The number of nitrogens with zero attached hydrogens (tertiary/aromatic N) is 2. The fraction of sp³-hybridized carbons (Fsp3) is 0.133. The van der Waals surface area contributed by atoms with E-state index in [4.69, 9.17) is 0 Å². The molecule has 0 bridgehead atoms. The number of aromatic nitrogens is 1. The van der Waals surface area contributed by atoms with Crippen molar-refractivity contribution in [1.29, 1.82) is 0 Å². The monoisotopic (exact) mass is 1090 g/mol. The number of rotatable bonds is 12. The highest BCUT2D eigenvalue weighted by Gasteiger charge is 2.46. The zero-order chi connectivity index (χ0) is 56.3. The first-order chi connectivity index (χ1) is 42.1. The SMILES string of the molecule is c1ccc(-c2ccc(-c3ccccc3)c(N(c3ccc(-c4ccc(-c5ccc(-n6c7ccc(C8CCCC8)cc7c7cc(C8CCCC8)ccc76)cc5)cc4)cc3)c3ccc4c(c3)C(c3ccccc3)(c3ccccc3)c3ccccc3-4)c2)cc1. The minimum atomic E-state index is -0.549. The Morgan fingerprint density at radius 3 is 1.28 bits per heavy atom. The second kappa shape index (κ2) is 21.5. The van der Waals surface area contributed by atoms with Crippen LogP contribution in [0.3, 0.4) is 0 Å². The highest BCUT2D eigenvalue weighted by Crippen LogP contribution is 2.58. The molecule has 0 amide bonds. The van der Waals surface area contributed by atoms with Gasteiger partial charge in [0.25, 0.3) is 0 Å². The Morgan fingerprint density at radius 2 is 0.729 bits per heavy atom. The normalized spacial score (nSPS) is 14.7. The van der Waals surface area contributed by atoms with Crippen molar-refractivity contribution in [3.8, 4) is 61.3 Å². The smallest absolute Gasteiger partial charge is 0.0714 e. The summed E-state index contributed by atoms with van der Waals surface area (Å²) in [6.45, 7) is 0. The minimum absolute atomic E-state index is 0.549. The van der Waals surface area contributed by atoms with Crippen molar-refractivity contribution < 1.29 is 0 Å². The maximum absolute atomic E-state index is 2.55. The summed E-state index contributed by atoms with van der Waals surface area (Å²) in [4.78, 5) is 2.50. The van der Waals surface area contributed by atoms with Gasteiger partial charge in [-0.2, -0.15) is 0 Å². The van der Waals surface area contributed by atoms with Gasteiger partial charge >= 0.3 is 0 Å². The van der Waals surface area contributed by atoms with E-state index in [-0.39, 0.29) is 0 Å². The van der Waals surface area contributed by atoms with Gasteiger partial charge in [-0.1, -0.05) is 250 Å². The fourth-order valence-electron chi connectivity index (χ4n) is 15.2. The lowest BCUT2D eigenvalue weighted by Crippen LogP contribution is -2.28. The molecule has 16 rings (SSSR count). The standard InChI is InChI=1S/C83H66N2/c1-5-19-59(20-6-1)67-41-49-73(64-25-7-2-8-26-64)82(55-67)84(72-48-50-75-74-31-17-18-32-78(74)83(79(75)56-72,68-27-9-3-10-28-68)69-29-11-4-12-30-69)70-44-37-62(38-45-70)60-33-35-61(36-34-60)63-39-46-71(47-40-63)85-80-51-42-65(57-21-13-14-22-57)53-76(80)77-54-66(43-52-81(77)85)58-23-15-16-24-58/h1-12,17-20,25-58H,13-16,21-24H2. The molecular formula is C83H66N2. The summed E-state index contributed by atoms with van der Waals surface area (Å²) in [5.74, 6) is 1.37. The molecule has 0 spiro atoms. The van der Waals surface area contributed by atoms with Crippen molar-refractivity contribution in [2.45, 2.75) is 68.6 Å². The van der Waals surface area contributed by atoms with Crippen molar-refractivity contribution in [2.24, 2.45) is 0 Å². The summed E-state index contributed by atoms with van der Waals surface area (Å²) in [6.07, 6.45) is 10.6. The summed E-state index contributed by atoms with van der Waals surface area (Å²) in [5, 5.41) is 2.80. The first kappa shape index (κ1) is 50.9. The Morgan fingerprint density at radius 1 is 0.306 bits per heavy atom. The molecule has 0 unspecified atom stereocenters. The minimum Gasteiger partial charge on any atom is -0.310 e. The first-order valence-corrected chi connectivity index (χ1v) is 30.9. The molecule has 3 aliphatic rings. The van der Waals surface area contributed by atoms with Gasteiger partial charge < -0.3 is 9.47 Å². The van der Waals surface area contributed by atoms with E-state index >= 15 is 0 Å². The predicted molar refractivity (Wildman–Crippen MR) is 357 cm³/mol. The fourth-order valence-corrected chi connectivity index (χ4v) is 15.2. The molecule has 0 radical (unpaired) electrons. The van der Waals surface area contributed by atoms with Crippen LogP contribution < -0.4 is 4.90 Å². The van der Waals surface area contributed by atoms with Crippen LogP contribution >= 0.6 is 0 Å². The van der Waals surface area contributed by atoms with Crippen molar-refractivity contribution >= 4 is 38.9 Å². The third-order valence-corrected chi connectivity index (χ3v) is 19.4. The quantitative estimate of drug-likeness (QED) is 0.118. The van der Waals surface area contributed by atoms with Gasteiger partial charge in [-0.3, -0.25) is 0 Å². The van der Waals surface area contributed by atoms with Crippen LogP contribution in [-0.4, -0.2) is 4.57 Å². The van der Waals surface area contributed by atoms with E-state index in [1.807, 2.05) is 0 Å².